The molecule has 1 atom stereocenters. The lowest BCUT2D eigenvalue weighted by Crippen LogP contribution is -2.43. The fourth-order valence-corrected chi connectivity index (χ4v) is 3.46. The van der Waals surface area contributed by atoms with Gasteiger partial charge in [-0.05, 0) is 43.9 Å². The van der Waals surface area contributed by atoms with Crippen LogP contribution < -0.4 is 0 Å². The molecular formula is C14H24ClNO. The van der Waals surface area contributed by atoms with E-state index in [1.54, 1.807) is 0 Å². The zero-order valence-corrected chi connectivity index (χ0v) is 11.6. The number of halogens is 1. The van der Waals surface area contributed by atoms with Gasteiger partial charge in [-0.1, -0.05) is 19.8 Å². The van der Waals surface area contributed by atoms with E-state index in [4.69, 9.17) is 11.6 Å². The minimum Gasteiger partial charge on any atom is -0.341 e. The summed E-state index contributed by atoms with van der Waals surface area (Å²) in [6.07, 6.45) is 8.30. The van der Waals surface area contributed by atoms with Gasteiger partial charge in [0.1, 0.15) is 5.38 Å². The van der Waals surface area contributed by atoms with E-state index in [-0.39, 0.29) is 11.3 Å². The quantitative estimate of drug-likeness (QED) is 0.694. The van der Waals surface area contributed by atoms with Crippen molar-refractivity contribution in [3.8, 4) is 0 Å². The largest absolute Gasteiger partial charge is 0.341 e. The Kier molecular flexibility index (Phi) is 4.72. The number of hydrogen-bond donors (Lipinski definition) is 0. The van der Waals surface area contributed by atoms with Crippen LogP contribution >= 0.6 is 11.6 Å². The molecule has 1 saturated heterocycles. The van der Waals surface area contributed by atoms with E-state index < -0.39 is 0 Å². The van der Waals surface area contributed by atoms with Gasteiger partial charge in [-0.3, -0.25) is 4.79 Å². The Morgan fingerprint density at radius 1 is 1.12 bits per heavy atom. The Hall–Kier alpha value is -0.240. The van der Waals surface area contributed by atoms with Gasteiger partial charge in [0, 0.05) is 13.1 Å². The minimum absolute atomic E-state index is 0.200. The smallest absolute Gasteiger partial charge is 0.240 e. The first-order chi connectivity index (χ1) is 8.18. The van der Waals surface area contributed by atoms with E-state index in [0.717, 1.165) is 44.7 Å². The maximum absolute atomic E-state index is 12.3. The summed E-state index contributed by atoms with van der Waals surface area (Å²) < 4.78 is 0. The molecule has 1 aliphatic carbocycles. The second kappa shape index (κ2) is 6.08. The predicted octanol–water partition coefficient (Wildman–Crippen LogP) is 3.43. The zero-order chi connectivity index (χ0) is 12.3. The van der Waals surface area contributed by atoms with Crippen molar-refractivity contribution in [2.24, 2.45) is 11.8 Å². The fourth-order valence-electron chi connectivity index (χ4n) is 3.07. The molecule has 1 amide bonds. The first-order valence-corrected chi connectivity index (χ1v) is 7.55. The predicted molar refractivity (Wildman–Crippen MR) is 71.2 cm³/mol. The zero-order valence-electron chi connectivity index (χ0n) is 10.8. The number of rotatable bonds is 2. The number of amides is 1. The second-order valence-corrected chi connectivity index (χ2v) is 6.28. The molecule has 2 aliphatic rings. The summed E-state index contributed by atoms with van der Waals surface area (Å²) in [4.78, 5) is 14.3. The number of hydrogen-bond acceptors (Lipinski definition) is 1. The van der Waals surface area contributed by atoms with Crippen LogP contribution in [0.15, 0.2) is 0 Å². The molecule has 1 saturated carbocycles. The van der Waals surface area contributed by atoms with Gasteiger partial charge in [0.25, 0.3) is 0 Å². The fraction of sp³-hybridized carbons (Fsp3) is 0.929. The molecule has 1 aliphatic heterocycles. The van der Waals surface area contributed by atoms with Crippen LogP contribution in [0, 0.1) is 11.8 Å². The van der Waals surface area contributed by atoms with Gasteiger partial charge in [0.15, 0.2) is 0 Å². The number of likely N-dealkylation sites (tertiary alicyclic amines) is 1. The molecule has 0 aromatic carbocycles. The first-order valence-electron chi connectivity index (χ1n) is 7.11. The van der Waals surface area contributed by atoms with Gasteiger partial charge < -0.3 is 4.90 Å². The number of alkyl halides is 1. The molecule has 2 fully saturated rings. The van der Waals surface area contributed by atoms with Crippen LogP contribution in [0.3, 0.4) is 0 Å². The Bertz CT molecular complexity index is 255. The summed E-state index contributed by atoms with van der Waals surface area (Å²) in [6, 6.07) is 0. The van der Waals surface area contributed by atoms with E-state index >= 15 is 0 Å². The molecular weight excluding hydrogens is 234 g/mol. The average molecular weight is 258 g/mol. The molecule has 0 spiro atoms. The van der Waals surface area contributed by atoms with Crippen LogP contribution in [-0.2, 0) is 4.79 Å². The van der Waals surface area contributed by atoms with Crippen LogP contribution in [0.5, 0.6) is 0 Å². The van der Waals surface area contributed by atoms with Crippen molar-refractivity contribution in [1.29, 1.82) is 0 Å². The SMILES string of the molecule is CC1CCC(C(Cl)C(=O)N2CCCCC2)CC1. The lowest BCUT2D eigenvalue weighted by Gasteiger charge is -2.33. The highest BCUT2D eigenvalue weighted by Gasteiger charge is 2.32. The van der Waals surface area contributed by atoms with Crippen LogP contribution in [0.4, 0.5) is 0 Å². The summed E-state index contributed by atoms with van der Waals surface area (Å²) in [5.74, 6) is 1.44. The van der Waals surface area contributed by atoms with Crippen LogP contribution in [-0.4, -0.2) is 29.3 Å². The third-order valence-corrected chi connectivity index (χ3v) is 4.92. The maximum atomic E-state index is 12.3. The Balaban J connectivity index is 1.85. The highest BCUT2D eigenvalue weighted by atomic mass is 35.5. The summed E-state index contributed by atoms with van der Waals surface area (Å²) in [5, 5.41) is -0.263. The summed E-state index contributed by atoms with van der Waals surface area (Å²) >= 11 is 6.40. The van der Waals surface area contributed by atoms with Gasteiger partial charge in [-0.15, -0.1) is 11.6 Å². The van der Waals surface area contributed by atoms with E-state index in [1.165, 1.54) is 19.3 Å². The van der Waals surface area contributed by atoms with Crippen molar-refractivity contribution in [3.63, 3.8) is 0 Å². The van der Waals surface area contributed by atoms with Crippen LogP contribution in [0.1, 0.15) is 51.9 Å². The van der Waals surface area contributed by atoms with Crippen molar-refractivity contribution in [1.82, 2.24) is 4.90 Å². The molecule has 2 nitrogen and oxygen atoms in total. The number of piperidine rings is 1. The molecule has 0 aromatic rings. The molecule has 17 heavy (non-hydrogen) atoms. The van der Waals surface area contributed by atoms with Crippen molar-refractivity contribution >= 4 is 17.5 Å². The molecule has 0 bridgehead atoms. The van der Waals surface area contributed by atoms with Gasteiger partial charge in [0.05, 0.1) is 0 Å². The molecule has 3 heteroatoms. The third-order valence-electron chi connectivity index (χ3n) is 4.38. The van der Waals surface area contributed by atoms with Gasteiger partial charge in [-0.25, -0.2) is 0 Å². The summed E-state index contributed by atoms with van der Waals surface area (Å²) in [5.41, 5.74) is 0. The minimum atomic E-state index is -0.263. The van der Waals surface area contributed by atoms with Gasteiger partial charge in [0.2, 0.25) is 5.91 Å². The Morgan fingerprint density at radius 3 is 2.29 bits per heavy atom. The van der Waals surface area contributed by atoms with Gasteiger partial charge >= 0.3 is 0 Å². The molecule has 2 rings (SSSR count). The Morgan fingerprint density at radius 2 is 1.71 bits per heavy atom. The van der Waals surface area contributed by atoms with Crippen LogP contribution in [0.2, 0.25) is 0 Å². The van der Waals surface area contributed by atoms with Crippen molar-refractivity contribution in [2.75, 3.05) is 13.1 Å². The average Bonchev–Trinajstić information content (AvgIpc) is 2.39. The van der Waals surface area contributed by atoms with Crippen molar-refractivity contribution < 1.29 is 4.79 Å². The Labute approximate surface area is 110 Å². The lowest BCUT2D eigenvalue weighted by atomic mass is 9.81. The van der Waals surface area contributed by atoms with Crippen LogP contribution in [0.25, 0.3) is 0 Å². The molecule has 0 radical (unpaired) electrons. The highest BCUT2D eigenvalue weighted by molar-refractivity contribution is 6.30. The summed E-state index contributed by atoms with van der Waals surface area (Å²) in [6.45, 7) is 4.14. The monoisotopic (exact) mass is 257 g/mol. The molecule has 98 valence electrons. The van der Waals surface area contributed by atoms with E-state index in [1.807, 2.05) is 4.90 Å². The van der Waals surface area contributed by atoms with E-state index in [0.29, 0.717) is 5.92 Å². The topological polar surface area (TPSA) is 20.3 Å². The maximum Gasteiger partial charge on any atom is 0.240 e. The van der Waals surface area contributed by atoms with Gasteiger partial charge in [-0.2, -0.15) is 0 Å². The molecule has 1 heterocycles. The standard InChI is InChI=1S/C14H24ClNO/c1-11-5-7-12(8-6-11)13(15)14(17)16-9-3-2-4-10-16/h11-13H,2-10H2,1H3. The molecule has 0 aromatic heterocycles. The van der Waals surface area contributed by atoms with E-state index in [2.05, 4.69) is 6.92 Å². The third kappa shape index (κ3) is 3.37. The highest BCUT2D eigenvalue weighted by Crippen LogP contribution is 2.33. The van der Waals surface area contributed by atoms with Crippen molar-refractivity contribution in [3.05, 3.63) is 0 Å². The second-order valence-electron chi connectivity index (χ2n) is 5.81. The number of carbonyl (C=O) groups is 1. The lowest BCUT2D eigenvalue weighted by molar-refractivity contribution is -0.132. The first kappa shape index (κ1) is 13.2. The molecule has 0 N–H and O–H groups in total. The summed E-state index contributed by atoms with van der Waals surface area (Å²) in [7, 11) is 0. The van der Waals surface area contributed by atoms with E-state index in [9.17, 15) is 4.79 Å². The number of nitrogens with zero attached hydrogens (tertiary/aromatic N) is 1. The molecule has 1 unspecified atom stereocenters. The van der Waals surface area contributed by atoms with Crippen molar-refractivity contribution in [2.45, 2.75) is 57.2 Å². The number of carbonyl (C=O) groups excluding carboxylic acids is 1. The normalized spacial score (nSPS) is 32.2.